The van der Waals surface area contributed by atoms with Gasteiger partial charge in [-0.2, -0.15) is 0 Å². The van der Waals surface area contributed by atoms with Gasteiger partial charge in [0, 0.05) is 24.2 Å². The van der Waals surface area contributed by atoms with Crippen molar-refractivity contribution in [3.8, 4) is 11.5 Å². The largest absolute Gasteiger partial charge is 0.456 e. The van der Waals surface area contributed by atoms with Crippen molar-refractivity contribution >= 4 is 11.6 Å². The fourth-order valence-electron chi connectivity index (χ4n) is 3.27. The van der Waals surface area contributed by atoms with E-state index < -0.39 is 0 Å². The summed E-state index contributed by atoms with van der Waals surface area (Å²) in [5.41, 5.74) is 4.89. The topological polar surface area (TPSA) is 12.5 Å². The molecule has 1 aliphatic rings. The van der Waals surface area contributed by atoms with Gasteiger partial charge in [0.2, 0.25) is 0 Å². The summed E-state index contributed by atoms with van der Waals surface area (Å²) in [6.45, 7) is 1.78. The Balaban J connectivity index is 1.66. The highest BCUT2D eigenvalue weighted by atomic mass is 16.5. The lowest BCUT2D eigenvalue weighted by atomic mass is 10.0. The molecule has 3 aromatic rings. The number of ether oxygens (including phenoxy) is 1. The highest BCUT2D eigenvalue weighted by molar-refractivity contribution is 5.87. The highest BCUT2D eigenvalue weighted by Gasteiger charge is 2.17. The summed E-state index contributed by atoms with van der Waals surface area (Å²) in [5.74, 6) is 1.84. The maximum Gasteiger partial charge on any atom is 0.135 e. The van der Waals surface area contributed by atoms with E-state index in [2.05, 4.69) is 72.6 Å². The van der Waals surface area contributed by atoms with E-state index in [0.29, 0.717) is 0 Å². The minimum atomic E-state index is 0.865. The molecule has 0 bridgehead atoms. The third kappa shape index (κ3) is 3.49. The Morgan fingerprint density at radius 1 is 0.720 bits per heavy atom. The number of nitrogens with zero attached hydrogens (tertiary/aromatic N) is 1. The number of hydrogen-bond donors (Lipinski definition) is 0. The Hall–Kier alpha value is -2.84. The lowest BCUT2D eigenvalue weighted by Crippen LogP contribution is -2.20. The van der Waals surface area contributed by atoms with Crippen LogP contribution in [0.15, 0.2) is 78.9 Å². The van der Waals surface area contributed by atoms with Crippen LogP contribution in [0.2, 0.25) is 0 Å². The fourth-order valence-corrected chi connectivity index (χ4v) is 3.27. The molecule has 1 aliphatic heterocycles. The summed E-state index contributed by atoms with van der Waals surface area (Å²) in [5, 5.41) is 0. The average molecular weight is 327 g/mol. The maximum absolute atomic E-state index is 6.16. The SMILES string of the molecule is CN(CC1=Cc2ccccc2Oc2ccccc21)Cc1ccccc1. The summed E-state index contributed by atoms with van der Waals surface area (Å²) in [6.07, 6.45) is 2.25. The summed E-state index contributed by atoms with van der Waals surface area (Å²) in [6, 6.07) is 27.1. The van der Waals surface area contributed by atoms with Crippen LogP contribution in [-0.4, -0.2) is 18.5 Å². The van der Waals surface area contributed by atoms with Gasteiger partial charge in [0.25, 0.3) is 0 Å². The van der Waals surface area contributed by atoms with E-state index in [1.54, 1.807) is 0 Å². The Morgan fingerprint density at radius 3 is 2.24 bits per heavy atom. The molecule has 2 nitrogen and oxygen atoms in total. The molecule has 0 fully saturated rings. The lowest BCUT2D eigenvalue weighted by molar-refractivity contribution is 0.369. The van der Waals surface area contributed by atoms with Gasteiger partial charge < -0.3 is 4.74 Å². The number of para-hydroxylation sites is 2. The Bertz CT molecular complexity index is 899. The van der Waals surface area contributed by atoms with Crippen molar-refractivity contribution in [2.45, 2.75) is 6.54 Å². The van der Waals surface area contributed by atoms with Gasteiger partial charge in [-0.3, -0.25) is 4.90 Å². The van der Waals surface area contributed by atoms with Gasteiger partial charge in [0.1, 0.15) is 11.5 Å². The van der Waals surface area contributed by atoms with E-state index in [4.69, 9.17) is 4.74 Å². The van der Waals surface area contributed by atoms with E-state index in [9.17, 15) is 0 Å². The van der Waals surface area contributed by atoms with E-state index >= 15 is 0 Å². The Kier molecular flexibility index (Phi) is 4.36. The number of hydrogen-bond acceptors (Lipinski definition) is 2. The van der Waals surface area contributed by atoms with Gasteiger partial charge in [0.05, 0.1) is 0 Å². The van der Waals surface area contributed by atoms with Crippen molar-refractivity contribution < 1.29 is 4.74 Å². The fraction of sp³-hybridized carbons (Fsp3) is 0.130. The molecule has 0 atom stereocenters. The smallest absolute Gasteiger partial charge is 0.135 e. The highest BCUT2D eigenvalue weighted by Crippen LogP contribution is 2.37. The summed E-state index contributed by atoms with van der Waals surface area (Å²) >= 11 is 0. The first-order valence-corrected chi connectivity index (χ1v) is 8.59. The standard InChI is InChI=1S/C23H21NO/c1-24(16-18-9-3-2-4-10-18)17-20-15-19-11-5-7-13-22(19)25-23-14-8-6-12-21(20)23/h2-15H,16-17H2,1H3. The first-order chi connectivity index (χ1) is 12.3. The zero-order chi connectivity index (χ0) is 17.1. The monoisotopic (exact) mass is 327 g/mol. The van der Waals surface area contributed by atoms with Crippen molar-refractivity contribution in [1.82, 2.24) is 4.90 Å². The van der Waals surface area contributed by atoms with Crippen molar-refractivity contribution in [2.24, 2.45) is 0 Å². The molecule has 2 heteroatoms. The van der Waals surface area contributed by atoms with Gasteiger partial charge >= 0.3 is 0 Å². The van der Waals surface area contributed by atoms with Crippen LogP contribution in [-0.2, 0) is 6.54 Å². The van der Waals surface area contributed by atoms with Gasteiger partial charge in [-0.05, 0) is 36.4 Å². The number of likely N-dealkylation sites (N-methyl/N-ethyl adjacent to an activating group) is 1. The zero-order valence-corrected chi connectivity index (χ0v) is 14.4. The molecule has 0 unspecified atom stereocenters. The van der Waals surface area contributed by atoms with Crippen LogP contribution in [0.1, 0.15) is 16.7 Å². The normalized spacial score (nSPS) is 12.6. The summed E-state index contributed by atoms with van der Waals surface area (Å²) in [7, 11) is 2.16. The van der Waals surface area contributed by atoms with Crippen LogP contribution < -0.4 is 4.74 Å². The second-order valence-electron chi connectivity index (χ2n) is 6.46. The molecule has 124 valence electrons. The molecule has 3 aromatic carbocycles. The molecule has 25 heavy (non-hydrogen) atoms. The quantitative estimate of drug-likeness (QED) is 0.630. The van der Waals surface area contributed by atoms with Crippen LogP contribution in [0.25, 0.3) is 11.6 Å². The number of benzene rings is 3. The first-order valence-electron chi connectivity index (χ1n) is 8.59. The Morgan fingerprint density at radius 2 is 1.40 bits per heavy atom. The van der Waals surface area contributed by atoms with Crippen molar-refractivity contribution in [3.05, 3.63) is 95.6 Å². The molecule has 0 aliphatic carbocycles. The molecule has 1 heterocycles. The minimum absolute atomic E-state index is 0.865. The predicted molar refractivity (Wildman–Crippen MR) is 104 cm³/mol. The van der Waals surface area contributed by atoms with E-state index in [0.717, 1.165) is 30.2 Å². The molecule has 0 spiro atoms. The minimum Gasteiger partial charge on any atom is -0.456 e. The molecular weight excluding hydrogens is 306 g/mol. The van der Waals surface area contributed by atoms with Crippen molar-refractivity contribution in [1.29, 1.82) is 0 Å². The molecular formula is C23H21NO. The zero-order valence-electron chi connectivity index (χ0n) is 14.4. The van der Waals surface area contributed by atoms with E-state index in [1.807, 2.05) is 24.3 Å². The summed E-state index contributed by atoms with van der Waals surface area (Å²) < 4.78 is 6.16. The maximum atomic E-state index is 6.16. The second-order valence-corrected chi connectivity index (χ2v) is 6.46. The number of rotatable bonds is 4. The van der Waals surface area contributed by atoms with Crippen LogP contribution in [0.3, 0.4) is 0 Å². The van der Waals surface area contributed by atoms with Crippen LogP contribution >= 0.6 is 0 Å². The Labute approximate surface area is 149 Å². The molecule has 0 saturated carbocycles. The first kappa shape index (κ1) is 15.7. The molecule has 4 rings (SSSR count). The second kappa shape index (κ2) is 6.96. The predicted octanol–water partition coefficient (Wildman–Crippen LogP) is 5.46. The van der Waals surface area contributed by atoms with E-state index in [-0.39, 0.29) is 0 Å². The molecule has 0 amide bonds. The van der Waals surface area contributed by atoms with E-state index in [1.165, 1.54) is 16.7 Å². The number of fused-ring (bicyclic) bond motifs is 2. The molecule has 0 aromatic heterocycles. The van der Waals surface area contributed by atoms with Crippen LogP contribution in [0, 0.1) is 0 Å². The molecule has 0 saturated heterocycles. The van der Waals surface area contributed by atoms with Crippen molar-refractivity contribution in [3.63, 3.8) is 0 Å². The molecule has 0 N–H and O–H groups in total. The third-order valence-corrected chi connectivity index (χ3v) is 4.44. The van der Waals surface area contributed by atoms with Gasteiger partial charge in [-0.15, -0.1) is 0 Å². The van der Waals surface area contributed by atoms with Gasteiger partial charge in [0.15, 0.2) is 0 Å². The summed E-state index contributed by atoms with van der Waals surface area (Å²) in [4.78, 5) is 2.34. The van der Waals surface area contributed by atoms with Gasteiger partial charge in [-0.1, -0.05) is 66.7 Å². The third-order valence-electron chi connectivity index (χ3n) is 4.44. The lowest BCUT2D eigenvalue weighted by Gasteiger charge is -2.19. The van der Waals surface area contributed by atoms with Crippen LogP contribution in [0.5, 0.6) is 11.5 Å². The van der Waals surface area contributed by atoms with Gasteiger partial charge in [-0.25, -0.2) is 0 Å². The van der Waals surface area contributed by atoms with Crippen LogP contribution in [0.4, 0.5) is 0 Å². The average Bonchev–Trinajstić information content (AvgIpc) is 2.79. The van der Waals surface area contributed by atoms with Crippen molar-refractivity contribution in [2.75, 3.05) is 13.6 Å². The molecule has 0 radical (unpaired) electrons.